The van der Waals surface area contributed by atoms with E-state index in [-0.39, 0.29) is 48.4 Å². The first kappa shape index (κ1) is 93.6. The van der Waals surface area contributed by atoms with Crippen LogP contribution in [0.3, 0.4) is 0 Å². The second-order valence-electron chi connectivity index (χ2n) is 31.7. The number of carboxylic acid groups (broad SMARTS) is 1. The van der Waals surface area contributed by atoms with E-state index in [4.69, 9.17) is 74.8 Å². The van der Waals surface area contributed by atoms with Crippen LogP contribution in [-0.2, 0) is 82.8 Å². The molecule has 0 spiro atoms. The summed E-state index contributed by atoms with van der Waals surface area (Å²) in [6.45, 7) is 12.5. The fraction of sp³-hybridized carbons (Fsp3) is 0.327. The number of hydrogen-bond acceptors (Lipinski definition) is 24. The summed E-state index contributed by atoms with van der Waals surface area (Å²) >= 11 is 6.07. The number of carbonyl (C=O) groups excluding carboxylic acids is 2. The van der Waals surface area contributed by atoms with Gasteiger partial charge in [-0.25, -0.2) is 44.3 Å². The fourth-order valence-corrected chi connectivity index (χ4v) is 16.8. The number of aliphatic hydroxyl groups excluding tert-OH is 1. The van der Waals surface area contributed by atoms with Crippen LogP contribution in [0.5, 0.6) is 11.8 Å². The van der Waals surface area contributed by atoms with Gasteiger partial charge in [0.05, 0.1) is 110 Å². The molecule has 0 aliphatic carbocycles. The molecule has 658 valence electrons. The van der Waals surface area contributed by atoms with Crippen LogP contribution in [0.25, 0.3) is 65.4 Å². The van der Waals surface area contributed by atoms with Crippen LogP contribution >= 0.6 is 11.6 Å². The maximum atomic E-state index is 12.1. The van der Waals surface area contributed by atoms with Crippen molar-refractivity contribution in [1.82, 2.24) is 73.3 Å². The zero-order chi connectivity index (χ0) is 87.3. The number of benzene rings is 6. The normalized spacial score (nSPS) is 14.1. The minimum Gasteiger partial charge on any atom is -0.870 e. The summed E-state index contributed by atoms with van der Waals surface area (Å²) in [7, 11) is 7.84. The van der Waals surface area contributed by atoms with Gasteiger partial charge < -0.3 is 62.5 Å². The molecule has 3 fully saturated rings. The van der Waals surface area contributed by atoms with Gasteiger partial charge in [-0.05, 0) is 226 Å². The van der Waals surface area contributed by atoms with Crippen LogP contribution in [0.15, 0.2) is 219 Å². The molecule has 0 unspecified atom stereocenters. The number of nitrogens with zero attached hydrogens (tertiary/aromatic N) is 15. The Morgan fingerprint density at radius 2 is 0.742 bits per heavy atom. The van der Waals surface area contributed by atoms with Crippen LogP contribution in [0.1, 0.15) is 139 Å². The van der Waals surface area contributed by atoms with Crippen LogP contribution < -0.4 is 28.3 Å². The molecule has 9 aromatic heterocycles. The van der Waals surface area contributed by atoms with Gasteiger partial charge in [-0.2, -0.15) is 0 Å². The third-order valence-corrected chi connectivity index (χ3v) is 23.7. The molecule has 3 N–H and O–H groups in total. The standard InChI is InChI=1S/C33H35N5O4.C32H33N5O4.C23H27ClN4O3.C10H9NO.Li.H2O/c1-40-17-16-38-30-19-26(33(39)41-2)8-9-29(30)35-31(38)21-37-14-11-24(12-15-37)28-4-3-5-32(36-28)42-22-23-6-7-27-20-34-13-10-25(27)18-23;1-40-16-15-37-29-18-25(32(38)39)7-8-28(29)34-30(37)20-36-13-10-23(11-14-36)27-3-2-4-31(35-27)41-21-22-5-6-26-19-33-12-9-24(26)17-22;1-30-13-12-28-20-14-17(23(29)31-2)6-7-19(20)26-22(28)15-27-10-8-16(9-11-27)18-4-3-5-21(24)25-18;12-7-8-1-2-10-6-11-4-3-9(10)5-8;;/h3-10,13,18-20,24H,11-12,14-17,21-22H2,1-2H3;2-9,12,17-19,23H,10-11,13-16,20-21H2,1H3,(H,38,39);3-7,14,16H,8-13,15H2,1-2H3;1-6,12H,7H2;;1H2/q;;;;+1;/p-1. The van der Waals surface area contributed by atoms with E-state index in [9.17, 15) is 19.5 Å². The second-order valence-corrected chi connectivity index (χ2v) is 32.0. The number of carbonyl (C=O) groups is 3. The number of aromatic nitrogens is 12. The van der Waals surface area contributed by atoms with Crippen molar-refractivity contribution >= 4 is 94.9 Å². The summed E-state index contributed by atoms with van der Waals surface area (Å²) in [5, 5.41) is 25.6. The number of carboxylic acids is 1. The number of pyridine rings is 6. The first-order valence-corrected chi connectivity index (χ1v) is 43.0. The summed E-state index contributed by atoms with van der Waals surface area (Å²) in [6.07, 6.45) is 17.0. The number of fused-ring (bicyclic) bond motifs is 6. The molecule has 3 aliphatic heterocycles. The summed E-state index contributed by atoms with van der Waals surface area (Å²) in [5.41, 5.74) is 12.9. The largest absolute Gasteiger partial charge is 1.00 e. The molecular formula is C98H105ClLiN15O13. The van der Waals surface area contributed by atoms with Crippen molar-refractivity contribution in [1.29, 1.82) is 0 Å². The number of esters is 2. The summed E-state index contributed by atoms with van der Waals surface area (Å²) in [5.74, 6) is 3.73. The number of aliphatic hydroxyl groups is 1. The second kappa shape index (κ2) is 45.6. The predicted octanol–water partition coefficient (Wildman–Crippen LogP) is 13.1. The fourth-order valence-electron chi connectivity index (χ4n) is 16.7. The van der Waals surface area contributed by atoms with Gasteiger partial charge >= 0.3 is 36.8 Å². The molecule has 6 aromatic carbocycles. The number of ether oxygens (including phenoxy) is 7. The summed E-state index contributed by atoms with van der Waals surface area (Å²) < 4.78 is 44.4. The number of likely N-dealkylation sites (tertiary alicyclic amines) is 3. The van der Waals surface area contributed by atoms with E-state index in [1.54, 1.807) is 64.1 Å². The molecule has 12 heterocycles. The van der Waals surface area contributed by atoms with Crippen LogP contribution in [0, 0.1) is 0 Å². The molecule has 0 saturated carbocycles. The summed E-state index contributed by atoms with van der Waals surface area (Å²) in [6, 6.07) is 58.4. The Morgan fingerprint density at radius 3 is 1.09 bits per heavy atom. The Morgan fingerprint density at radius 1 is 0.398 bits per heavy atom. The van der Waals surface area contributed by atoms with E-state index in [1.165, 1.54) is 14.2 Å². The number of halogens is 1. The molecule has 15 aromatic rings. The van der Waals surface area contributed by atoms with Gasteiger partial charge in [0.25, 0.3) is 0 Å². The average molecular weight is 1740 g/mol. The number of rotatable bonds is 28. The number of hydrogen-bond donors (Lipinski definition) is 2. The monoisotopic (exact) mass is 1740 g/mol. The van der Waals surface area contributed by atoms with Crippen molar-refractivity contribution < 1.29 is 82.1 Å². The maximum Gasteiger partial charge on any atom is 1.00 e. The van der Waals surface area contributed by atoms with Gasteiger partial charge in [0, 0.05) is 141 Å². The molecule has 0 amide bonds. The van der Waals surface area contributed by atoms with Gasteiger partial charge in [-0.1, -0.05) is 66.2 Å². The topological polar surface area (TPSA) is 327 Å². The third-order valence-electron chi connectivity index (χ3n) is 23.5. The van der Waals surface area contributed by atoms with Crippen LogP contribution in [0.2, 0.25) is 5.15 Å². The number of imidazole rings is 3. The first-order valence-electron chi connectivity index (χ1n) is 42.6. The summed E-state index contributed by atoms with van der Waals surface area (Å²) in [4.78, 5) is 84.1. The predicted molar refractivity (Wildman–Crippen MR) is 486 cm³/mol. The number of methoxy groups -OCH3 is 5. The van der Waals surface area contributed by atoms with E-state index < -0.39 is 5.97 Å². The van der Waals surface area contributed by atoms with Crippen molar-refractivity contribution in [2.24, 2.45) is 0 Å². The molecule has 3 aliphatic rings. The Kier molecular flexibility index (Phi) is 33.4. The molecule has 28 nitrogen and oxygen atoms in total. The molecule has 18 rings (SSSR count). The SMILES string of the molecule is COCCn1c(CN2CCC(c3cccc(Cl)n3)CC2)nc2ccc(C(=O)OC)cc21.COCCn1c(CN2CCC(c3cccc(OCc4ccc5cnccc5c4)n3)CC2)nc2ccc(C(=O)O)cc21.COCCn1c(CN2CCC(c3cccc(OCc4ccc5cnccc5c4)n3)CC2)nc2ccc(C(=O)OC)cc21.OCc1ccc2cnccc2c1.[Li+].[OH-]. The third kappa shape index (κ3) is 23.9. The van der Waals surface area contributed by atoms with E-state index >= 15 is 0 Å². The quantitative estimate of drug-likeness (QED) is 0.0261. The van der Waals surface area contributed by atoms with Crippen LogP contribution in [0.4, 0.5) is 0 Å². The van der Waals surface area contributed by atoms with Gasteiger partial charge in [0.15, 0.2) is 0 Å². The van der Waals surface area contributed by atoms with Gasteiger partial charge in [0.1, 0.15) is 35.8 Å². The van der Waals surface area contributed by atoms with Crippen molar-refractivity contribution in [2.75, 3.05) is 94.6 Å². The van der Waals surface area contributed by atoms with Crippen LogP contribution in [-0.4, -0.2) is 201 Å². The van der Waals surface area contributed by atoms with Crippen molar-refractivity contribution in [3.63, 3.8) is 0 Å². The van der Waals surface area contributed by atoms with Crippen molar-refractivity contribution in [3.8, 4) is 11.8 Å². The molecule has 3 saturated heterocycles. The molecule has 0 atom stereocenters. The van der Waals surface area contributed by atoms with E-state index in [1.807, 2.05) is 122 Å². The van der Waals surface area contributed by atoms with Crippen molar-refractivity contribution in [2.45, 2.75) is 115 Å². The minimum absolute atomic E-state index is 0. The Labute approximate surface area is 759 Å². The van der Waals surface area contributed by atoms with E-state index in [0.29, 0.717) is 105 Å². The van der Waals surface area contributed by atoms with Gasteiger partial charge in [-0.3, -0.25) is 29.7 Å². The Balaban J connectivity index is 0.000000154. The molecule has 0 radical (unpaired) electrons. The van der Waals surface area contributed by atoms with Crippen molar-refractivity contribution in [3.05, 3.63) is 292 Å². The number of aromatic carboxylic acids is 1. The molecular weight excluding hydrogens is 1640 g/mol. The van der Waals surface area contributed by atoms with Gasteiger partial charge in [-0.15, -0.1) is 0 Å². The maximum absolute atomic E-state index is 12.1. The smallest absolute Gasteiger partial charge is 0.870 e. The first-order chi connectivity index (χ1) is 61.7. The molecule has 30 heteroatoms. The number of piperidine rings is 3. The Bertz CT molecular complexity index is 6250. The Hall–Kier alpha value is -12.0. The molecule has 128 heavy (non-hydrogen) atoms. The zero-order valence-electron chi connectivity index (χ0n) is 73.0. The zero-order valence-corrected chi connectivity index (χ0v) is 73.8. The van der Waals surface area contributed by atoms with Gasteiger partial charge in [0.2, 0.25) is 11.8 Å². The minimum atomic E-state index is -0.940. The van der Waals surface area contributed by atoms with E-state index in [2.05, 4.69) is 103 Å². The molecule has 0 bridgehead atoms. The average Bonchev–Trinajstić information content (AvgIpc) is 1.61. The van der Waals surface area contributed by atoms with E-state index in [0.717, 1.165) is 208 Å².